The Labute approximate surface area is 290 Å². The topological polar surface area (TPSA) is 0 Å². The molecular weight excluding hydrogens is 584 g/mol. The second-order valence-corrected chi connectivity index (χ2v) is 14.4. The molecule has 1 aromatic carbocycles. The van der Waals surface area contributed by atoms with Crippen LogP contribution < -0.4 is 0 Å². The third kappa shape index (κ3) is 26.9. The standard InChI is InChI=1S/C27H39ClS.C16H28/c1-6-12-22(2)13-10-14-23(3)19-27(29-26-17-8-7-9-18-26)20-24(4)15-11-16-25(5)21-28;1-6-9-15(4)12-8-13-16(5)11-7-10-14(2)3/h7-9,12,14,16-18,20,27H,6,10-11,13,15,19,21H2,1-5H3;9-10,13H,6-8,11-12H2,1-5H3/b22-12+,23-14+,24-20+,25-16+;15-9+,16-13+. The van der Waals surface area contributed by atoms with Gasteiger partial charge in [0.1, 0.15) is 0 Å². The van der Waals surface area contributed by atoms with Crippen LogP contribution in [-0.4, -0.2) is 11.1 Å². The van der Waals surface area contributed by atoms with Crippen molar-refractivity contribution in [2.45, 2.75) is 150 Å². The van der Waals surface area contributed by atoms with E-state index in [4.69, 9.17) is 11.6 Å². The Bertz CT molecular complexity index is 1120. The number of allylic oxidation sites excluding steroid dienone is 13. The molecule has 0 aliphatic heterocycles. The van der Waals surface area contributed by atoms with Gasteiger partial charge in [0.05, 0.1) is 0 Å². The highest BCUT2D eigenvalue weighted by atomic mass is 35.5. The van der Waals surface area contributed by atoms with Crippen LogP contribution in [-0.2, 0) is 0 Å². The zero-order chi connectivity index (χ0) is 33.9. The quantitative estimate of drug-likeness (QED) is 0.0768. The van der Waals surface area contributed by atoms with Crippen molar-refractivity contribution in [3.63, 3.8) is 0 Å². The molecule has 0 saturated carbocycles. The SMILES string of the molecule is CC/C=C(\C)CC/C=C(\C)CC(/C=C(\C)CC/C=C(\C)CCl)Sc1ccccc1.CC/C=C(\C)CC/C=C(\C)CCC=C(C)C. The van der Waals surface area contributed by atoms with Crippen LogP contribution in [0.4, 0.5) is 0 Å². The second kappa shape index (κ2) is 28.3. The molecule has 0 aliphatic rings. The van der Waals surface area contributed by atoms with Gasteiger partial charge in [-0.15, -0.1) is 23.4 Å². The zero-order valence-electron chi connectivity index (χ0n) is 30.8. The highest BCUT2D eigenvalue weighted by molar-refractivity contribution is 8.00. The van der Waals surface area contributed by atoms with Gasteiger partial charge < -0.3 is 0 Å². The fraction of sp³-hybridized carbons (Fsp3) is 0.535. The lowest BCUT2D eigenvalue weighted by molar-refractivity contribution is 0.905. The van der Waals surface area contributed by atoms with Crippen molar-refractivity contribution in [1.82, 2.24) is 0 Å². The van der Waals surface area contributed by atoms with Crippen molar-refractivity contribution in [3.05, 3.63) is 112 Å². The van der Waals surface area contributed by atoms with E-state index in [1.807, 2.05) is 11.8 Å². The van der Waals surface area contributed by atoms with Crippen LogP contribution in [0.3, 0.4) is 0 Å². The van der Waals surface area contributed by atoms with Crippen LogP contribution in [0.5, 0.6) is 0 Å². The lowest BCUT2D eigenvalue weighted by Crippen LogP contribution is -2.01. The van der Waals surface area contributed by atoms with Crippen LogP contribution in [0.1, 0.15) is 140 Å². The minimum Gasteiger partial charge on any atom is -0.122 e. The number of benzene rings is 1. The van der Waals surface area contributed by atoms with Crippen LogP contribution in [0.2, 0.25) is 0 Å². The molecule has 0 aliphatic carbocycles. The van der Waals surface area contributed by atoms with Crippen LogP contribution in [0.15, 0.2) is 117 Å². The molecule has 0 heterocycles. The van der Waals surface area contributed by atoms with E-state index in [1.165, 1.54) is 76.0 Å². The van der Waals surface area contributed by atoms with Gasteiger partial charge in [-0.2, -0.15) is 0 Å². The van der Waals surface area contributed by atoms with Crippen LogP contribution >= 0.6 is 23.4 Å². The Kier molecular flexibility index (Phi) is 27.0. The molecule has 0 bridgehead atoms. The van der Waals surface area contributed by atoms with Crippen LogP contribution in [0, 0.1) is 0 Å². The van der Waals surface area contributed by atoms with E-state index >= 15 is 0 Å². The van der Waals surface area contributed by atoms with Gasteiger partial charge in [0.2, 0.25) is 0 Å². The number of rotatable bonds is 20. The minimum absolute atomic E-state index is 0.471. The molecule has 1 atom stereocenters. The van der Waals surface area contributed by atoms with E-state index in [0.717, 1.165) is 38.5 Å². The van der Waals surface area contributed by atoms with Gasteiger partial charge in [-0.25, -0.2) is 0 Å². The maximum atomic E-state index is 5.88. The monoisotopic (exact) mass is 650 g/mol. The molecule has 0 nitrogen and oxygen atoms in total. The number of halogens is 1. The summed E-state index contributed by atoms with van der Waals surface area (Å²) in [6.07, 6.45) is 29.2. The maximum Gasteiger partial charge on any atom is 0.0430 e. The average molecular weight is 652 g/mol. The molecule has 2 heteroatoms. The first kappa shape index (κ1) is 43.0. The summed E-state index contributed by atoms with van der Waals surface area (Å²) in [6, 6.07) is 10.8. The summed E-state index contributed by atoms with van der Waals surface area (Å²) in [6.45, 7) is 22.1. The van der Waals surface area contributed by atoms with E-state index < -0.39 is 0 Å². The Balaban J connectivity index is 0.00000103. The molecule has 0 aromatic heterocycles. The highest BCUT2D eigenvalue weighted by Gasteiger charge is 2.09. The normalized spacial score (nSPS) is 14.2. The summed E-state index contributed by atoms with van der Waals surface area (Å²) in [5, 5.41) is 0.471. The highest BCUT2D eigenvalue weighted by Crippen LogP contribution is 2.30. The Morgan fingerprint density at radius 1 is 0.578 bits per heavy atom. The lowest BCUT2D eigenvalue weighted by atomic mass is 10.0. The lowest BCUT2D eigenvalue weighted by Gasteiger charge is -2.15. The molecule has 1 unspecified atom stereocenters. The van der Waals surface area contributed by atoms with Gasteiger partial charge in [0.15, 0.2) is 0 Å². The molecule has 0 radical (unpaired) electrons. The van der Waals surface area contributed by atoms with E-state index in [1.54, 1.807) is 0 Å². The Morgan fingerprint density at radius 2 is 1.02 bits per heavy atom. The minimum atomic E-state index is 0.471. The van der Waals surface area contributed by atoms with E-state index in [-0.39, 0.29) is 0 Å². The van der Waals surface area contributed by atoms with Crippen molar-refractivity contribution in [2.24, 2.45) is 0 Å². The molecular formula is C43H67ClS. The molecule has 252 valence electrons. The van der Waals surface area contributed by atoms with E-state index in [0.29, 0.717) is 11.1 Å². The Hall–Kier alpha value is -1.96. The van der Waals surface area contributed by atoms with Crippen molar-refractivity contribution in [1.29, 1.82) is 0 Å². The predicted octanol–water partition coefficient (Wildman–Crippen LogP) is 15.3. The molecule has 0 saturated heterocycles. The number of thioether (sulfide) groups is 1. The first-order valence-electron chi connectivity index (χ1n) is 17.4. The van der Waals surface area contributed by atoms with Gasteiger partial charge in [-0.05, 0) is 138 Å². The molecule has 45 heavy (non-hydrogen) atoms. The third-order valence-corrected chi connectivity index (χ3v) is 9.10. The van der Waals surface area contributed by atoms with Crippen molar-refractivity contribution in [2.75, 3.05) is 5.88 Å². The molecule has 0 amide bonds. The van der Waals surface area contributed by atoms with E-state index in [9.17, 15) is 0 Å². The molecule has 1 rings (SSSR count). The first-order chi connectivity index (χ1) is 21.5. The third-order valence-electron chi connectivity index (χ3n) is 7.53. The van der Waals surface area contributed by atoms with Crippen molar-refractivity contribution >= 4 is 23.4 Å². The van der Waals surface area contributed by atoms with E-state index in [2.05, 4.69) is 142 Å². The summed E-state index contributed by atoms with van der Waals surface area (Å²) in [5.41, 5.74) is 10.2. The summed E-state index contributed by atoms with van der Waals surface area (Å²) in [5.74, 6) is 0.631. The molecule has 1 aromatic rings. The number of hydrogen-bond donors (Lipinski definition) is 0. The van der Waals surface area contributed by atoms with Gasteiger partial charge >= 0.3 is 0 Å². The summed E-state index contributed by atoms with van der Waals surface area (Å²) < 4.78 is 0. The smallest absolute Gasteiger partial charge is 0.0430 e. The fourth-order valence-corrected chi connectivity index (χ4v) is 6.31. The Morgan fingerprint density at radius 3 is 1.51 bits per heavy atom. The molecule has 0 fully saturated rings. The van der Waals surface area contributed by atoms with Gasteiger partial charge in [-0.1, -0.05) is 114 Å². The number of hydrogen-bond acceptors (Lipinski definition) is 1. The summed E-state index contributed by atoms with van der Waals surface area (Å²) in [7, 11) is 0. The summed E-state index contributed by atoms with van der Waals surface area (Å²) >= 11 is 7.85. The van der Waals surface area contributed by atoms with Gasteiger partial charge in [-0.3, -0.25) is 0 Å². The molecule has 0 N–H and O–H groups in total. The maximum absolute atomic E-state index is 5.88. The molecule has 0 spiro atoms. The first-order valence-corrected chi connectivity index (χ1v) is 18.8. The van der Waals surface area contributed by atoms with Crippen molar-refractivity contribution in [3.8, 4) is 0 Å². The number of alkyl halides is 1. The van der Waals surface area contributed by atoms with Crippen molar-refractivity contribution < 1.29 is 0 Å². The van der Waals surface area contributed by atoms with Gasteiger partial charge in [0.25, 0.3) is 0 Å². The average Bonchev–Trinajstić information content (AvgIpc) is 2.98. The van der Waals surface area contributed by atoms with Gasteiger partial charge in [0, 0.05) is 16.0 Å². The largest absolute Gasteiger partial charge is 0.122 e. The second-order valence-electron chi connectivity index (χ2n) is 12.8. The predicted molar refractivity (Wildman–Crippen MR) is 211 cm³/mol. The van der Waals surface area contributed by atoms with Crippen LogP contribution in [0.25, 0.3) is 0 Å². The fourth-order valence-electron chi connectivity index (χ4n) is 4.89. The zero-order valence-corrected chi connectivity index (χ0v) is 32.3. The summed E-state index contributed by atoms with van der Waals surface area (Å²) in [4.78, 5) is 1.34.